The van der Waals surface area contributed by atoms with Crippen LogP contribution in [-0.2, 0) is 0 Å². The summed E-state index contributed by atoms with van der Waals surface area (Å²) in [6.07, 6.45) is 10.0. The molecule has 1 aromatic rings. The lowest BCUT2D eigenvalue weighted by Crippen LogP contribution is -2.31. The van der Waals surface area contributed by atoms with Gasteiger partial charge in [0.05, 0.1) is 5.56 Å². The fraction of sp³-hybridized carbons (Fsp3) is 0.524. The first-order valence-electron chi connectivity index (χ1n) is 8.73. The van der Waals surface area contributed by atoms with Crippen molar-refractivity contribution in [3.8, 4) is 11.5 Å². The van der Waals surface area contributed by atoms with Crippen molar-refractivity contribution in [1.82, 2.24) is 0 Å². The van der Waals surface area contributed by atoms with Crippen LogP contribution in [0, 0.1) is 18.3 Å². The van der Waals surface area contributed by atoms with Crippen LogP contribution in [0.3, 0.4) is 0 Å². The van der Waals surface area contributed by atoms with Crippen LogP contribution in [0.15, 0.2) is 30.4 Å². The van der Waals surface area contributed by atoms with E-state index in [1.54, 1.807) is 6.07 Å². The predicted octanol–water partition coefficient (Wildman–Crippen LogP) is 5.64. The summed E-state index contributed by atoms with van der Waals surface area (Å²) in [5.41, 5.74) is 3.58. The van der Waals surface area contributed by atoms with Crippen LogP contribution >= 0.6 is 0 Å². The summed E-state index contributed by atoms with van der Waals surface area (Å²) >= 11 is 0. The largest absolute Gasteiger partial charge is 0.507 e. The van der Waals surface area contributed by atoms with Crippen molar-refractivity contribution in [2.24, 2.45) is 11.3 Å². The molecule has 1 N–H and O–H groups in total. The van der Waals surface area contributed by atoms with E-state index in [1.807, 2.05) is 19.1 Å². The number of ether oxygens (including phenoxy) is 1. The second kappa shape index (κ2) is 6.07. The molecule has 3 rings (SSSR count). The highest BCUT2D eigenvalue weighted by atomic mass is 16.5. The van der Waals surface area contributed by atoms with E-state index in [1.165, 1.54) is 24.8 Å². The van der Waals surface area contributed by atoms with Gasteiger partial charge in [-0.3, -0.25) is 0 Å². The first kappa shape index (κ1) is 16.2. The molecule has 2 nitrogen and oxygen atoms in total. The zero-order valence-corrected chi connectivity index (χ0v) is 14.6. The highest BCUT2D eigenvalue weighted by molar-refractivity contribution is 5.66. The fourth-order valence-corrected chi connectivity index (χ4v) is 4.17. The predicted molar refractivity (Wildman–Crippen MR) is 95.8 cm³/mol. The van der Waals surface area contributed by atoms with Gasteiger partial charge in [-0.2, -0.15) is 0 Å². The molecule has 0 unspecified atom stereocenters. The standard InChI is InChI=1S/C21H28O2/c1-14-12-19(22)17-9-7-16(23-20(17)13-14)8-10-18-15(2)6-5-11-21(18,3)4/h7,9,12-13,16,18,22H,2,5-6,8,10-11H2,1,3-4H3/t16-,18-/m0/s1. The molecule has 1 aliphatic carbocycles. The Morgan fingerprint density at radius 2 is 2.09 bits per heavy atom. The third-order valence-corrected chi connectivity index (χ3v) is 5.52. The van der Waals surface area contributed by atoms with Crippen molar-refractivity contribution in [2.45, 2.75) is 59.0 Å². The van der Waals surface area contributed by atoms with Crippen LogP contribution in [0.1, 0.15) is 57.1 Å². The molecule has 2 aliphatic rings. The second-order valence-corrected chi connectivity index (χ2v) is 7.84. The number of hydrogen-bond donors (Lipinski definition) is 1. The number of aromatic hydroxyl groups is 1. The zero-order valence-electron chi connectivity index (χ0n) is 14.6. The molecule has 0 radical (unpaired) electrons. The molecule has 0 spiro atoms. The molecule has 1 saturated carbocycles. The Hall–Kier alpha value is -1.70. The Morgan fingerprint density at radius 1 is 1.30 bits per heavy atom. The topological polar surface area (TPSA) is 29.5 Å². The molecular formula is C21H28O2. The molecule has 124 valence electrons. The minimum atomic E-state index is 0.0919. The van der Waals surface area contributed by atoms with E-state index < -0.39 is 0 Å². The lowest BCUT2D eigenvalue weighted by molar-refractivity contribution is 0.154. The molecule has 0 bridgehead atoms. The summed E-state index contributed by atoms with van der Waals surface area (Å²) in [5.74, 6) is 1.69. The smallest absolute Gasteiger partial charge is 0.131 e. The SMILES string of the molecule is C=C1CCCC(C)(C)[C@H]1CC[C@@H]1C=Cc2c(O)cc(C)cc2O1. The summed E-state index contributed by atoms with van der Waals surface area (Å²) in [5, 5.41) is 10.0. The van der Waals surface area contributed by atoms with Gasteiger partial charge in [-0.05, 0) is 80.2 Å². The van der Waals surface area contributed by atoms with Gasteiger partial charge >= 0.3 is 0 Å². The van der Waals surface area contributed by atoms with Gasteiger partial charge in [0, 0.05) is 0 Å². The lowest BCUT2D eigenvalue weighted by Gasteiger charge is -2.41. The number of phenolic OH excluding ortho intramolecular Hbond substituents is 1. The lowest BCUT2D eigenvalue weighted by atomic mass is 9.65. The first-order chi connectivity index (χ1) is 10.9. The molecule has 0 aromatic heterocycles. The number of hydrogen-bond acceptors (Lipinski definition) is 2. The number of fused-ring (bicyclic) bond motifs is 1. The number of allylic oxidation sites excluding steroid dienone is 1. The third kappa shape index (κ3) is 3.31. The molecule has 2 heteroatoms. The number of rotatable bonds is 3. The molecule has 2 atom stereocenters. The van der Waals surface area contributed by atoms with Crippen molar-refractivity contribution >= 4 is 6.08 Å². The van der Waals surface area contributed by atoms with E-state index >= 15 is 0 Å². The average Bonchev–Trinajstić information content (AvgIpc) is 2.45. The molecule has 23 heavy (non-hydrogen) atoms. The van der Waals surface area contributed by atoms with Gasteiger partial charge in [-0.25, -0.2) is 0 Å². The van der Waals surface area contributed by atoms with E-state index in [9.17, 15) is 5.11 Å². The summed E-state index contributed by atoms with van der Waals surface area (Å²) in [7, 11) is 0. The Bertz CT molecular complexity index is 639. The van der Waals surface area contributed by atoms with Crippen molar-refractivity contribution in [2.75, 3.05) is 0 Å². The maximum Gasteiger partial charge on any atom is 0.131 e. The summed E-state index contributed by atoms with van der Waals surface area (Å²) in [6.45, 7) is 11.0. The molecule has 1 heterocycles. The summed E-state index contributed by atoms with van der Waals surface area (Å²) < 4.78 is 6.11. The van der Waals surface area contributed by atoms with Gasteiger partial charge in [0.15, 0.2) is 0 Å². The zero-order chi connectivity index (χ0) is 16.6. The quantitative estimate of drug-likeness (QED) is 0.732. The minimum absolute atomic E-state index is 0.0919. The maximum atomic E-state index is 10.0. The second-order valence-electron chi connectivity index (χ2n) is 7.84. The average molecular weight is 312 g/mol. The molecule has 1 aromatic carbocycles. The van der Waals surface area contributed by atoms with Gasteiger partial charge in [0.2, 0.25) is 0 Å². The van der Waals surface area contributed by atoms with Crippen LogP contribution in [-0.4, -0.2) is 11.2 Å². The monoisotopic (exact) mass is 312 g/mol. The van der Waals surface area contributed by atoms with E-state index in [2.05, 4.69) is 26.5 Å². The maximum absolute atomic E-state index is 10.0. The van der Waals surface area contributed by atoms with Gasteiger partial charge in [0.25, 0.3) is 0 Å². The summed E-state index contributed by atoms with van der Waals surface area (Å²) in [4.78, 5) is 0. The van der Waals surface area contributed by atoms with Crippen LogP contribution in [0.2, 0.25) is 0 Å². The fourth-order valence-electron chi connectivity index (χ4n) is 4.17. The minimum Gasteiger partial charge on any atom is -0.507 e. The third-order valence-electron chi connectivity index (χ3n) is 5.52. The molecule has 0 amide bonds. The number of phenols is 1. The van der Waals surface area contributed by atoms with Crippen molar-refractivity contribution in [1.29, 1.82) is 0 Å². The number of aryl methyl sites for hydroxylation is 1. The Labute approximate surface area is 139 Å². The van der Waals surface area contributed by atoms with Gasteiger partial charge < -0.3 is 9.84 Å². The van der Waals surface area contributed by atoms with Gasteiger partial charge in [0.1, 0.15) is 17.6 Å². The van der Waals surface area contributed by atoms with Gasteiger partial charge in [-0.15, -0.1) is 0 Å². The van der Waals surface area contributed by atoms with E-state index in [0.29, 0.717) is 17.1 Å². The Morgan fingerprint density at radius 3 is 2.83 bits per heavy atom. The highest BCUT2D eigenvalue weighted by Gasteiger charge is 2.34. The highest BCUT2D eigenvalue weighted by Crippen LogP contribution is 2.46. The van der Waals surface area contributed by atoms with Crippen LogP contribution in [0.4, 0.5) is 0 Å². The Kier molecular flexibility index (Phi) is 4.27. The van der Waals surface area contributed by atoms with Crippen LogP contribution < -0.4 is 4.74 Å². The van der Waals surface area contributed by atoms with Crippen molar-refractivity contribution in [3.05, 3.63) is 41.5 Å². The van der Waals surface area contributed by atoms with Crippen molar-refractivity contribution in [3.63, 3.8) is 0 Å². The molecule has 0 saturated heterocycles. The van der Waals surface area contributed by atoms with Crippen molar-refractivity contribution < 1.29 is 9.84 Å². The van der Waals surface area contributed by atoms with E-state index in [-0.39, 0.29) is 6.10 Å². The molecular weight excluding hydrogens is 284 g/mol. The van der Waals surface area contributed by atoms with E-state index in [0.717, 1.165) is 29.7 Å². The first-order valence-corrected chi connectivity index (χ1v) is 8.73. The molecule has 1 fully saturated rings. The van der Waals surface area contributed by atoms with Crippen LogP contribution in [0.5, 0.6) is 11.5 Å². The van der Waals surface area contributed by atoms with E-state index in [4.69, 9.17) is 4.74 Å². The van der Waals surface area contributed by atoms with Gasteiger partial charge in [-0.1, -0.05) is 26.0 Å². The Balaban J connectivity index is 1.68. The summed E-state index contributed by atoms with van der Waals surface area (Å²) in [6, 6.07) is 3.79. The molecule has 1 aliphatic heterocycles. The number of benzene rings is 1. The normalized spacial score (nSPS) is 25.8. The van der Waals surface area contributed by atoms with Crippen LogP contribution in [0.25, 0.3) is 6.08 Å².